The van der Waals surface area contributed by atoms with E-state index in [1.165, 1.54) is 32.1 Å². The Morgan fingerprint density at radius 2 is 1.42 bits per heavy atom. The zero-order chi connectivity index (χ0) is 17.9. The fourth-order valence-electron chi connectivity index (χ4n) is 6.69. The highest BCUT2D eigenvalue weighted by Gasteiger charge is 2.52. The van der Waals surface area contributed by atoms with E-state index in [1.807, 2.05) is 0 Å². The monoisotopic (exact) mass is 395 g/mol. The average molecular weight is 396 g/mol. The Labute approximate surface area is 161 Å². The number of nitrogens with zero attached hydrogens (tertiary/aromatic N) is 1. The summed E-state index contributed by atoms with van der Waals surface area (Å²) in [6, 6.07) is 7.35. The van der Waals surface area contributed by atoms with Crippen LogP contribution in [0.1, 0.15) is 32.1 Å². The fraction of sp³-hybridized carbons (Fsp3) is 0.700. The molecule has 0 aromatic heterocycles. The molecule has 142 valence electrons. The normalized spacial score (nSPS) is 38.0. The summed E-state index contributed by atoms with van der Waals surface area (Å²) < 4.78 is 27.5. The van der Waals surface area contributed by atoms with E-state index in [2.05, 4.69) is 0 Å². The van der Waals surface area contributed by atoms with Crippen molar-refractivity contribution in [3.63, 3.8) is 0 Å². The quantitative estimate of drug-likeness (QED) is 0.851. The van der Waals surface area contributed by atoms with E-state index in [0.29, 0.717) is 23.0 Å². The predicted molar refractivity (Wildman–Crippen MR) is 102 cm³/mol. The van der Waals surface area contributed by atoms with Gasteiger partial charge in [0.25, 0.3) is 0 Å². The average Bonchev–Trinajstić information content (AvgIpc) is 2.62. The summed E-state index contributed by atoms with van der Waals surface area (Å²) >= 11 is 5.90. The van der Waals surface area contributed by atoms with Gasteiger partial charge >= 0.3 is 0 Å². The van der Waals surface area contributed by atoms with Crippen LogP contribution in [0.15, 0.2) is 29.2 Å². The minimum absolute atomic E-state index is 0.361. The molecule has 4 bridgehead atoms. The number of halogens is 1. The summed E-state index contributed by atoms with van der Waals surface area (Å²) in [7, 11) is -3.39. The SMILES string of the molecule is O=S(=O)(c1ccc(Cl)cc1)N1CC[NH+](C2C3CC4CC(C3)CC2C4)CC1. The standard InChI is InChI=1S/C20H27ClN2O2S/c21-18-1-3-19(4-2-18)26(24,25)23-7-5-22(6-8-23)20-16-10-14-9-15(12-16)13-17(20)11-14/h1-4,14-17,20H,5-13H2/p+1. The van der Waals surface area contributed by atoms with E-state index < -0.39 is 10.0 Å². The summed E-state index contributed by atoms with van der Waals surface area (Å²) in [4.78, 5) is 2.04. The van der Waals surface area contributed by atoms with Gasteiger partial charge in [0.15, 0.2) is 0 Å². The molecule has 4 saturated carbocycles. The van der Waals surface area contributed by atoms with E-state index >= 15 is 0 Å². The fourth-order valence-corrected chi connectivity index (χ4v) is 8.26. The third kappa shape index (κ3) is 2.92. The molecule has 0 unspecified atom stereocenters. The number of rotatable bonds is 3. The summed E-state index contributed by atoms with van der Waals surface area (Å²) in [6.07, 6.45) is 7.24. The van der Waals surface area contributed by atoms with E-state index in [0.717, 1.165) is 42.8 Å². The molecule has 0 radical (unpaired) electrons. The van der Waals surface area contributed by atoms with E-state index in [4.69, 9.17) is 11.6 Å². The Morgan fingerprint density at radius 3 is 1.96 bits per heavy atom. The third-order valence-corrected chi connectivity index (χ3v) is 9.68. The summed E-state index contributed by atoms with van der Waals surface area (Å²) in [5.41, 5.74) is 0. The maximum absolute atomic E-state index is 12.9. The molecule has 4 aliphatic carbocycles. The molecule has 1 aromatic rings. The van der Waals surface area contributed by atoms with Crippen molar-refractivity contribution in [2.45, 2.75) is 43.0 Å². The molecule has 4 nitrogen and oxygen atoms in total. The lowest BCUT2D eigenvalue weighted by molar-refractivity contribution is -0.939. The number of nitrogens with one attached hydrogen (secondary N) is 1. The highest BCUT2D eigenvalue weighted by molar-refractivity contribution is 7.89. The lowest BCUT2D eigenvalue weighted by atomic mass is 9.54. The number of sulfonamides is 1. The van der Waals surface area contributed by atoms with Crippen LogP contribution in [0.3, 0.4) is 0 Å². The molecule has 1 N–H and O–H groups in total. The van der Waals surface area contributed by atoms with Crippen molar-refractivity contribution in [2.75, 3.05) is 26.2 Å². The summed E-state index contributed by atoms with van der Waals surface area (Å²) in [6.45, 7) is 3.20. The Kier molecular flexibility index (Phi) is 4.35. The van der Waals surface area contributed by atoms with Gasteiger partial charge in [0.1, 0.15) is 0 Å². The van der Waals surface area contributed by atoms with Gasteiger partial charge in [-0.3, -0.25) is 0 Å². The van der Waals surface area contributed by atoms with Gasteiger partial charge in [-0.1, -0.05) is 11.6 Å². The van der Waals surface area contributed by atoms with Crippen molar-refractivity contribution in [2.24, 2.45) is 23.7 Å². The maximum Gasteiger partial charge on any atom is 0.243 e. The lowest BCUT2D eigenvalue weighted by Gasteiger charge is -2.56. The maximum atomic E-state index is 12.9. The second kappa shape index (κ2) is 6.47. The zero-order valence-corrected chi connectivity index (χ0v) is 16.7. The topological polar surface area (TPSA) is 41.8 Å². The molecular formula is C20H28ClN2O2S+. The minimum Gasteiger partial charge on any atom is -0.330 e. The van der Waals surface area contributed by atoms with E-state index in [-0.39, 0.29) is 0 Å². The molecule has 6 rings (SSSR count). The van der Waals surface area contributed by atoms with Crippen LogP contribution in [0.4, 0.5) is 0 Å². The number of hydrogen-bond acceptors (Lipinski definition) is 2. The summed E-state index contributed by atoms with van der Waals surface area (Å²) in [5.74, 6) is 3.81. The van der Waals surface area contributed by atoms with Gasteiger partial charge in [0, 0.05) is 16.9 Å². The second-order valence-electron chi connectivity index (χ2n) is 8.97. The van der Waals surface area contributed by atoms with Gasteiger partial charge in [0.05, 0.1) is 37.1 Å². The van der Waals surface area contributed by atoms with Crippen LogP contribution in [0, 0.1) is 23.7 Å². The molecule has 5 fully saturated rings. The van der Waals surface area contributed by atoms with E-state index in [9.17, 15) is 8.42 Å². The molecule has 5 aliphatic rings. The summed E-state index contributed by atoms with van der Waals surface area (Å²) in [5, 5.41) is 0.570. The Bertz CT molecular complexity index is 744. The molecule has 6 heteroatoms. The molecular weight excluding hydrogens is 368 g/mol. The van der Waals surface area contributed by atoms with Gasteiger partial charge in [-0.25, -0.2) is 8.42 Å². The van der Waals surface area contributed by atoms with Crippen LogP contribution in [0.25, 0.3) is 0 Å². The first-order valence-corrected chi connectivity index (χ1v) is 11.9. The van der Waals surface area contributed by atoms with Crippen molar-refractivity contribution >= 4 is 21.6 Å². The number of quaternary nitrogens is 1. The highest BCUT2D eigenvalue weighted by Crippen LogP contribution is 2.53. The van der Waals surface area contributed by atoms with Crippen molar-refractivity contribution < 1.29 is 13.3 Å². The van der Waals surface area contributed by atoms with Gasteiger partial charge in [-0.15, -0.1) is 0 Å². The first-order chi connectivity index (χ1) is 12.5. The largest absolute Gasteiger partial charge is 0.330 e. The van der Waals surface area contributed by atoms with Gasteiger partial charge < -0.3 is 4.90 Å². The Hall–Kier alpha value is -0.620. The molecule has 1 aliphatic heterocycles. The molecule has 1 heterocycles. The van der Waals surface area contributed by atoms with Gasteiger partial charge in [-0.05, 0) is 68.2 Å². The van der Waals surface area contributed by atoms with Crippen LogP contribution < -0.4 is 4.90 Å². The van der Waals surface area contributed by atoms with Crippen LogP contribution in [-0.4, -0.2) is 44.9 Å². The first-order valence-electron chi connectivity index (χ1n) is 10.1. The third-order valence-electron chi connectivity index (χ3n) is 7.51. The predicted octanol–water partition coefficient (Wildman–Crippen LogP) is 2.05. The molecule has 1 saturated heterocycles. The van der Waals surface area contributed by atoms with Gasteiger partial charge in [-0.2, -0.15) is 4.31 Å². The van der Waals surface area contributed by atoms with Gasteiger partial charge in [0.2, 0.25) is 10.0 Å². The number of piperazine rings is 1. The van der Waals surface area contributed by atoms with Crippen molar-refractivity contribution in [1.29, 1.82) is 0 Å². The molecule has 1 aromatic carbocycles. The number of hydrogen-bond donors (Lipinski definition) is 1. The molecule has 0 spiro atoms. The molecule has 0 atom stereocenters. The van der Waals surface area contributed by atoms with Crippen LogP contribution in [0.5, 0.6) is 0 Å². The smallest absolute Gasteiger partial charge is 0.243 e. The minimum atomic E-state index is -3.39. The van der Waals surface area contributed by atoms with Crippen molar-refractivity contribution in [3.8, 4) is 0 Å². The zero-order valence-electron chi connectivity index (χ0n) is 15.1. The lowest BCUT2D eigenvalue weighted by Crippen LogP contribution is -3.20. The first kappa shape index (κ1) is 17.5. The van der Waals surface area contributed by atoms with Crippen molar-refractivity contribution in [1.82, 2.24) is 4.31 Å². The van der Waals surface area contributed by atoms with Crippen molar-refractivity contribution in [3.05, 3.63) is 29.3 Å². The van der Waals surface area contributed by atoms with Crippen LogP contribution in [-0.2, 0) is 10.0 Å². The van der Waals surface area contributed by atoms with E-state index in [1.54, 1.807) is 33.5 Å². The van der Waals surface area contributed by atoms with Crippen LogP contribution >= 0.6 is 11.6 Å². The Morgan fingerprint density at radius 1 is 0.885 bits per heavy atom. The highest BCUT2D eigenvalue weighted by atomic mass is 35.5. The number of benzene rings is 1. The second-order valence-corrected chi connectivity index (χ2v) is 11.3. The van der Waals surface area contributed by atoms with Crippen LogP contribution in [0.2, 0.25) is 5.02 Å². The Balaban J connectivity index is 1.27. The molecule has 0 amide bonds. The molecule has 26 heavy (non-hydrogen) atoms.